The zero-order valence-electron chi connectivity index (χ0n) is 9.53. The van der Waals surface area contributed by atoms with E-state index in [1.54, 1.807) is 0 Å². The summed E-state index contributed by atoms with van der Waals surface area (Å²) in [6, 6.07) is 20.0. The Morgan fingerprint density at radius 1 is 0.647 bits per heavy atom. The molecule has 0 saturated heterocycles. The molecule has 0 atom stereocenters. The molecule has 0 aliphatic carbocycles. The van der Waals surface area contributed by atoms with Crippen molar-refractivity contribution in [1.82, 2.24) is 0 Å². The summed E-state index contributed by atoms with van der Waals surface area (Å²) < 4.78 is 0. The van der Waals surface area contributed by atoms with E-state index in [2.05, 4.69) is 9.98 Å². The monoisotopic (exact) mass is 222 g/mol. The lowest BCUT2D eigenvalue weighted by Gasteiger charge is -1.91. The van der Waals surface area contributed by atoms with Crippen LogP contribution in [-0.4, -0.2) is 19.1 Å². The summed E-state index contributed by atoms with van der Waals surface area (Å²) in [5.41, 5.74) is 2.20. The normalized spacial score (nSPS) is 11.3. The fourth-order valence-corrected chi connectivity index (χ4v) is 1.42. The highest BCUT2D eigenvalue weighted by atomic mass is 14.9. The van der Waals surface area contributed by atoms with Gasteiger partial charge < -0.3 is 0 Å². The van der Waals surface area contributed by atoms with Gasteiger partial charge in [0, 0.05) is 12.4 Å². The summed E-state index contributed by atoms with van der Waals surface area (Å²) in [6.07, 6.45) is 3.67. The Labute approximate surface area is 101 Å². The van der Waals surface area contributed by atoms with Crippen molar-refractivity contribution in [3.63, 3.8) is 0 Å². The Hall–Kier alpha value is -2.22. The number of aliphatic imine (C=N–C) groups is 2. The van der Waals surface area contributed by atoms with E-state index in [1.165, 1.54) is 0 Å². The lowest BCUT2D eigenvalue weighted by molar-refractivity contribution is 1.08. The molecule has 84 valence electrons. The highest BCUT2D eigenvalue weighted by molar-refractivity contribution is 5.80. The molecule has 0 aromatic heterocycles. The van der Waals surface area contributed by atoms with Gasteiger partial charge in [0.1, 0.15) is 6.67 Å². The molecule has 0 aliphatic heterocycles. The second-order valence-corrected chi connectivity index (χ2v) is 3.59. The Kier molecular flexibility index (Phi) is 4.23. The van der Waals surface area contributed by atoms with Crippen molar-refractivity contribution in [2.75, 3.05) is 6.67 Å². The van der Waals surface area contributed by atoms with E-state index in [9.17, 15) is 0 Å². The minimum absolute atomic E-state index is 0.462. The van der Waals surface area contributed by atoms with E-state index in [1.807, 2.05) is 73.1 Å². The average molecular weight is 222 g/mol. The maximum Gasteiger partial charge on any atom is 0.129 e. The second-order valence-electron chi connectivity index (χ2n) is 3.59. The highest BCUT2D eigenvalue weighted by Crippen LogP contribution is 1.95. The van der Waals surface area contributed by atoms with Crippen LogP contribution >= 0.6 is 0 Å². The maximum absolute atomic E-state index is 4.23. The standard InChI is InChI=1S/C15H14N2/c1-3-7-14(8-4-1)11-16-13-17-12-15-9-5-2-6-10-15/h1-12H,13H2/b16-11-,17-12+. The van der Waals surface area contributed by atoms with Gasteiger partial charge in [0.25, 0.3) is 0 Å². The molecule has 0 radical (unpaired) electrons. The molecule has 0 spiro atoms. The maximum atomic E-state index is 4.23. The van der Waals surface area contributed by atoms with Crippen LogP contribution in [0.5, 0.6) is 0 Å². The van der Waals surface area contributed by atoms with Crippen molar-refractivity contribution in [1.29, 1.82) is 0 Å². The van der Waals surface area contributed by atoms with Crippen LogP contribution in [0.3, 0.4) is 0 Å². The van der Waals surface area contributed by atoms with Gasteiger partial charge in [0.2, 0.25) is 0 Å². The van der Waals surface area contributed by atoms with E-state index >= 15 is 0 Å². The molecule has 0 N–H and O–H groups in total. The summed E-state index contributed by atoms with van der Waals surface area (Å²) in [5, 5.41) is 0. The van der Waals surface area contributed by atoms with E-state index in [4.69, 9.17) is 0 Å². The zero-order valence-corrected chi connectivity index (χ0v) is 9.53. The first-order valence-electron chi connectivity index (χ1n) is 5.55. The number of hydrogen-bond donors (Lipinski definition) is 0. The predicted molar refractivity (Wildman–Crippen MR) is 72.9 cm³/mol. The molecule has 2 aromatic rings. The fraction of sp³-hybridized carbons (Fsp3) is 0.0667. The van der Waals surface area contributed by atoms with E-state index < -0.39 is 0 Å². The quantitative estimate of drug-likeness (QED) is 0.710. The summed E-state index contributed by atoms with van der Waals surface area (Å²) in [6.45, 7) is 0.462. The van der Waals surface area contributed by atoms with Gasteiger partial charge in [-0.05, 0) is 11.1 Å². The van der Waals surface area contributed by atoms with Crippen LogP contribution in [0.1, 0.15) is 11.1 Å². The molecule has 17 heavy (non-hydrogen) atoms. The van der Waals surface area contributed by atoms with E-state index in [0.717, 1.165) is 11.1 Å². The van der Waals surface area contributed by atoms with Crippen LogP contribution in [0.2, 0.25) is 0 Å². The van der Waals surface area contributed by atoms with Gasteiger partial charge in [-0.25, -0.2) is 0 Å². The lowest BCUT2D eigenvalue weighted by atomic mass is 10.2. The van der Waals surface area contributed by atoms with Crippen LogP contribution in [0, 0.1) is 0 Å². The van der Waals surface area contributed by atoms with Crippen molar-refractivity contribution < 1.29 is 0 Å². The van der Waals surface area contributed by atoms with Crippen LogP contribution in [-0.2, 0) is 0 Å². The molecule has 0 heterocycles. The van der Waals surface area contributed by atoms with Gasteiger partial charge in [-0.3, -0.25) is 9.98 Å². The molecule has 0 aliphatic rings. The number of rotatable bonds is 4. The van der Waals surface area contributed by atoms with Crippen LogP contribution in [0.15, 0.2) is 70.6 Å². The topological polar surface area (TPSA) is 24.7 Å². The number of hydrogen-bond acceptors (Lipinski definition) is 2. The molecular weight excluding hydrogens is 208 g/mol. The van der Waals surface area contributed by atoms with Crippen molar-refractivity contribution in [2.24, 2.45) is 9.98 Å². The third-order valence-electron chi connectivity index (χ3n) is 2.24. The molecule has 0 fully saturated rings. The van der Waals surface area contributed by atoms with Gasteiger partial charge in [-0.15, -0.1) is 0 Å². The van der Waals surface area contributed by atoms with Crippen LogP contribution < -0.4 is 0 Å². The highest BCUT2D eigenvalue weighted by Gasteiger charge is 1.83. The predicted octanol–water partition coefficient (Wildman–Crippen LogP) is 3.18. The molecule has 0 amide bonds. The SMILES string of the molecule is C(=N/C/N=C/c1ccccc1)/c1ccccc1. The summed E-state index contributed by atoms with van der Waals surface area (Å²) in [4.78, 5) is 8.47. The molecule has 2 heteroatoms. The molecule has 0 saturated carbocycles. The van der Waals surface area contributed by atoms with E-state index in [0.29, 0.717) is 6.67 Å². The third kappa shape index (κ3) is 4.03. The van der Waals surface area contributed by atoms with Crippen molar-refractivity contribution in [3.8, 4) is 0 Å². The fourth-order valence-electron chi connectivity index (χ4n) is 1.42. The largest absolute Gasteiger partial charge is 0.269 e. The van der Waals surface area contributed by atoms with Gasteiger partial charge in [-0.2, -0.15) is 0 Å². The van der Waals surface area contributed by atoms with Crippen LogP contribution in [0.25, 0.3) is 0 Å². The Balaban J connectivity index is 1.84. The molecule has 0 bridgehead atoms. The van der Waals surface area contributed by atoms with Crippen molar-refractivity contribution in [3.05, 3.63) is 71.8 Å². The summed E-state index contributed by atoms with van der Waals surface area (Å²) in [7, 11) is 0. The Bertz CT molecular complexity index is 439. The minimum atomic E-state index is 0.462. The summed E-state index contributed by atoms with van der Waals surface area (Å²) in [5.74, 6) is 0. The van der Waals surface area contributed by atoms with Crippen molar-refractivity contribution >= 4 is 12.4 Å². The van der Waals surface area contributed by atoms with Crippen LogP contribution in [0.4, 0.5) is 0 Å². The van der Waals surface area contributed by atoms with E-state index in [-0.39, 0.29) is 0 Å². The first kappa shape index (κ1) is 11.3. The first-order valence-corrected chi connectivity index (χ1v) is 5.55. The van der Waals surface area contributed by atoms with Gasteiger partial charge in [0.15, 0.2) is 0 Å². The smallest absolute Gasteiger partial charge is 0.129 e. The van der Waals surface area contributed by atoms with Gasteiger partial charge >= 0.3 is 0 Å². The summed E-state index contributed by atoms with van der Waals surface area (Å²) >= 11 is 0. The Morgan fingerprint density at radius 3 is 1.47 bits per heavy atom. The molecule has 2 nitrogen and oxygen atoms in total. The molecule has 2 rings (SSSR count). The lowest BCUT2D eigenvalue weighted by Crippen LogP contribution is -1.83. The number of nitrogens with zero attached hydrogens (tertiary/aromatic N) is 2. The molecule has 2 aromatic carbocycles. The Morgan fingerprint density at radius 2 is 1.06 bits per heavy atom. The number of benzene rings is 2. The van der Waals surface area contributed by atoms with Gasteiger partial charge in [0.05, 0.1) is 0 Å². The third-order valence-corrected chi connectivity index (χ3v) is 2.24. The second kappa shape index (κ2) is 6.38. The first-order chi connectivity index (χ1) is 8.45. The molecule has 0 unspecified atom stereocenters. The molecular formula is C15H14N2. The van der Waals surface area contributed by atoms with Gasteiger partial charge in [-0.1, -0.05) is 60.7 Å². The minimum Gasteiger partial charge on any atom is -0.269 e. The zero-order chi connectivity index (χ0) is 11.8. The average Bonchev–Trinajstić information content (AvgIpc) is 2.41. The van der Waals surface area contributed by atoms with Crippen molar-refractivity contribution in [2.45, 2.75) is 0 Å².